The van der Waals surface area contributed by atoms with Crippen LogP contribution in [0.25, 0.3) is 0 Å². The highest BCUT2D eigenvalue weighted by molar-refractivity contribution is 6.36. The van der Waals surface area contributed by atoms with Crippen LogP contribution in [-0.4, -0.2) is 20.8 Å². The van der Waals surface area contributed by atoms with E-state index < -0.39 is 39.8 Å². The Kier molecular flexibility index (Phi) is 6.23. The highest BCUT2D eigenvalue weighted by atomic mass is 35.5. The number of carbonyl (C=O) groups is 1. The summed E-state index contributed by atoms with van der Waals surface area (Å²) in [6.07, 6.45) is 0.927. The maximum atomic E-state index is 13.9. The molecule has 0 fully saturated rings. The smallest absolute Gasteiger partial charge is 0.332 e. The van der Waals surface area contributed by atoms with Crippen molar-refractivity contribution in [3.63, 3.8) is 0 Å². The molecule has 0 spiro atoms. The Labute approximate surface area is 177 Å². The Morgan fingerprint density at radius 2 is 1.80 bits per heavy atom. The van der Waals surface area contributed by atoms with Crippen LogP contribution in [0.1, 0.15) is 10.4 Å². The number of carbonyl (C=O) groups excluding carboxylic acids is 1. The van der Waals surface area contributed by atoms with Gasteiger partial charge in [0.1, 0.15) is 18.0 Å². The van der Waals surface area contributed by atoms with Crippen LogP contribution in [0.4, 0.5) is 31.8 Å². The molecule has 3 rings (SSSR count). The van der Waals surface area contributed by atoms with Gasteiger partial charge in [-0.25, -0.2) is 18.7 Å². The van der Waals surface area contributed by atoms with E-state index in [2.05, 4.69) is 26.1 Å². The number of nitro groups is 1. The summed E-state index contributed by atoms with van der Waals surface area (Å²) in [6.45, 7) is 0. The second-order valence-corrected chi connectivity index (χ2v) is 6.47. The lowest BCUT2D eigenvalue weighted by Gasteiger charge is -2.12. The highest BCUT2D eigenvalue weighted by Crippen LogP contribution is 2.31. The van der Waals surface area contributed by atoms with Crippen molar-refractivity contribution in [1.29, 1.82) is 0 Å². The number of benzene rings is 2. The molecule has 3 aromatic rings. The first-order valence-electron chi connectivity index (χ1n) is 7.99. The zero-order chi connectivity index (χ0) is 21.8. The van der Waals surface area contributed by atoms with E-state index in [4.69, 9.17) is 23.2 Å². The Morgan fingerprint density at radius 3 is 2.50 bits per heavy atom. The molecule has 13 heteroatoms. The number of halogens is 4. The molecule has 1 amide bonds. The molecule has 1 heterocycles. The minimum absolute atomic E-state index is 0.0467. The molecule has 3 N–H and O–H groups in total. The number of nitrogens with zero attached hydrogens (tertiary/aromatic N) is 3. The van der Waals surface area contributed by atoms with Crippen molar-refractivity contribution in [3.8, 4) is 0 Å². The lowest BCUT2D eigenvalue weighted by Crippen LogP contribution is -2.30. The van der Waals surface area contributed by atoms with Gasteiger partial charge >= 0.3 is 5.69 Å². The van der Waals surface area contributed by atoms with Gasteiger partial charge in [-0.2, -0.15) is 0 Å². The first-order chi connectivity index (χ1) is 14.3. The Bertz CT molecular complexity index is 1150. The maximum Gasteiger partial charge on any atom is 0.355 e. The van der Waals surface area contributed by atoms with Crippen molar-refractivity contribution in [2.24, 2.45) is 0 Å². The Hall–Kier alpha value is -3.57. The van der Waals surface area contributed by atoms with Crippen LogP contribution < -0.4 is 16.2 Å². The topological polar surface area (TPSA) is 122 Å². The number of nitrogens with one attached hydrogen (secondary N) is 3. The fourth-order valence-corrected chi connectivity index (χ4v) is 2.81. The normalized spacial score (nSPS) is 10.4. The van der Waals surface area contributed by atoms with E-state index in [1.54, 1.807) is 0 Å². The van der Waals surface area contributed by atoms with Crippen molar-refractivity contribution in [1.82, 2.24) is 15.4 Å². The van der Waals surface area contributed by atoms with Crippen molar-refractivity contribution in [3.05, 3.63) is 80.1 Å². The zero-order valence-corrected chi connectivity index (χ0v) is 16.1. The fourth-order valence-electron chi connectivity index (χ4n) is 2.31. The van der Waals surface area contributed by atoms with Crippen LogP contribution in [0, 0.1) is 21.7 Å². The highest BCUT2D eigenvalue weighted by Gasteiger charge is 2.24. The average Bonchev–Trinajstić information content (AvgIpc) is 2.68. The largest absolute Gasteiger partial charge is 0.355 e. The molecule has 0 aliphatic carbocycles. The maximum absolute atomic E-state index is 13.9. The van der Waals surface area contributed by atoms with Crippen molar-refractivity contribution >= 4 is 52.1 Å². The van der Waals surface area contributed by atoms with Gasteiger partial charge in [0.05, 0.1) is 21.2 Å². The summed E-state index contributed by atoms with van der Waals surface area (Å²) in [4.78, 5) is 30.3. The van der Waals surface area contributed by atoms with E-state index in [0.717, 1.165) is 24.5 Å². The molecule has 1 aromatic heterocycles. The van der Waals surface area contributed by atoms with Crippen LogP contribution >= 0.6 is 23.2 Å². The third kappa shape index (κ3) is 4.70. The van der Waals surface area contributed by atoms with E-state index in [9.17, 15) is 23.7 Å². The van der Waals surface area contributed by atoms with Gasteiger partial charge in [0.25, 0.3) is 5.91 Å². The summed E-state index contributed by atoms with van der Waals surface area (Å²) in [5, 5.41) is 14.2. The first kappa shape index (κ1) is 21.1. The van der Waals surface area contributed by atoms with Gasteiger partial charge in [0.15, 0.2) is 0 Å². The number of rotatable bonds is 6. The molecule has 0 saturated heterocycles. The molecule has 0 aliphatic rings. The van der Waals surface area contributed by atoms with Gasteiger partial charge in [-0.15, -0.1) is 0 Å². The molecule has 0 radical (unpaired) electrons. The molecule has 9 nitrogen and oxygen atoms in total. The van der Waals surface area contributed by atoms with Crippen LogP contribution in [0.3, 0.4) is 0 Å². The average molecular weight is 455 g/mol. The zero-order valence-electron chi connectivity index (χ0n) is 14.6. The second kappa shape index (κ2) is 8.84. The molecule has 0 bridgehead atoms. The fraction of sp³-hybridized carbons (Fsp3) is 0. The third-order valence-corrected chi connectivity index (χ3v) is 4.20. The molecular formula is C17H10Cl2F2N6O3. The molecule has 0 unspecified atom stereocenters. The summed E-state index contributed by atoms with van der Waals surface area (Å²) in [7, 11) is 0. The SMILES string of the molecule is O=C(NNc1ncnc(Nc2cc(F)ccc2F)c1[N+](=O)[O-])c1ccc(Cl)cc1Cl. The van der Waals surface area contributed by atoms with Crippen molar-refractivity contribution < 1.29 is 18.5 Å². The molecular weight excluding hydrogens is 445 g/mol. The van der Waals surface area contributed by atoms with Gasteiger partial charge < -0.3 is 5.32 Å². The summed E-state index contributed by atoms with van der Waals surface area (Å²) in [5.41, 5.74) is 3.46. The van der Waals surface area contributed by atoms with E-state index in [1.165, 1.54) is 18.2 Å². The standard InChI is InChI=1S/C17H10Cl2F2N6O3/c18-8-1-3-10(11(19)5-8)17(28)26-25-16-14(27(29)30)15(22-7-23-16)24-13-6-9(20)2-4-12(13)21/h1-7H,(H,26,28)(H2,22,23,24,25). The van der Waals surface area contributed by atoms with E-state index in [1.807, 2.05) is 0 Å². The van der Waals surface area contributed by atoms with Gasteiger partial charge in [0, 0.05) is 11.1 Å². The van der Waals surface area contributed by atoms with E-state index >= 15 is 0 Å². The predicted octanol–water partition coefficient (Wildman–Crippen LogP) is 4.47. The monoisotopic (exact) mass is 454 g/mol. The molecule has 0 saturated carbocycles. The van der Waals surface area contributed by atoms with Crippen LogP contribution in [0.15, 0.2) is 42.7 Å². The lowest BCUT2D eigenvalue weighted by atomic mass is 10.2. The summed E-state index contributed by atoms with van der Waals surface area (Å²) < 4.78 is 27.2. The Balaban J connectivity index is 1.86. The Morgan fingerprint density at radius 1 is 1.07 bits per heavy atom. The molecule has 2 aromatic carbocycles. The van der Waals surface area contributed by atoms with Crippen molar-refractivity contribution in [2.45, 2.75) is 0 Å². The summed E-state index contributed by atoms with van der Waals surface area (Å²) >= 11 is 11.7. The molecule has 30 heavy (non-hydrogen) atoms. The number of hydrazine groups is 1. The minimum Gasteiger partial charge on any atom is -0.332 e. The van der Waals surface area contributed by atoms with Crippen LogP contribution in [0.2, 0.25) is 10.0 Å². The van der Waals surface area contributed by atoms with Gasteiger partial charge in [-0.05, 0) is 30.3 Å². The predicted molar refractivity (Wildman–Crippen MR) is 106 cm³/mol. The van der Waals surface area contributed by atoms with Gasteiger partial charge in [0.2, 0.25) is 11.6 Å². The van der Waals surface area contributed by atoms with Gasteiger partial charge in [-0.1, -0.05) is 23.2 Å². The molecule has 0 atom stereocenters. The number of hydrogen-bond donors (Lipinski definition) is 3. The van der Waals surface area contributed by atoms with E-state index in [-0.39, 0.29) is 16.3 Å². The molecule has 154 valence electrons. The van der Waals surface area contributed by atoms with E-state index in [0.29, 0.717) is 5.02 Å². The summed E-state index contributed by atoms with van der Waals surface area (Å²) in [6, 6.07) is 6.68. The first-order valence-corrected chi connectivity index (χ1v) is 8.74. The van der Waals surface area contributed by atoms with Crippen LogP contribution in [-0.2, 0) is 0 Å². The minimum atomic E-state index is -0.858. The van der Waals surface area contributed by atoms with Crippen molar-refractivity contribution in [2.75, 3.05) is 10.7 Å². The third-order valence-electron chi connectivity index (χ3n) is 3.66. The quantitative estimate of drug-likeness (QED) is 0.370. The number of hydrogen-bond acceptors (Lipinski definition) is 7. The number of amides is 1. The van der Waals surface area contributed by atoms with Crippen LogP contribution in [0.5, 0.6) is 0 Å². The summed E-state index contributed by atoms with van der Waals surface area (Å²) in [5.74, 6) is -3.19. The molecule has 0 aliphatic heterocycles. The second-order valence-electron chi connectivity index (χ2n) is 5.63. The number of aromatic nitrogens is 2. The van der Waals surface area contributed by atoms with Gasteiger partial charge in [-0.3, -0.25) is 25.8 Å². The lowest BCUT2D eigenvalue weighted by molar-refractivity contribution is -0.383. The number of anilines is 3.